The molecule has 0 aromatic carbocycles. The summed E-state index contributed by atoms with van der Waals surface area (Å²) >= 11 is 1.77. The number of hydrogen-bond acceptors (Lipinski definition) is 5. The average Bonchev–Trinajstić information content (AvgIpc) is 2.39. The van der Waals surface area contributed by atoms with Crippen molar-refractivity contribution in [1.29, 1.82) is 0 Å². The molecule has 0 amide bonds. The van der Waals surface area contributed by atoms with Crippen LogP contribution in [0.1, 0.15) is 33.6 Å². The Morgan fingerprint density at radius 1 is 1.40 bits per heavy atom. The maximum atomic E-state index is 12.3. The molecular formula is C14H30N2O2S2. The number of nitrogens with one attached hydrogen (secondary N) is 1. The molecule has 1 N–H and O–H groups in total. The molecule has 1 aliphatic rings. The molecule has 20 heavy (non-hydrogen) atoms. The van der Waals surface area contributed by atoms with E-state index in [-0.39, 0.29) is 16.5 Å². The van der Waals surface area contributed by atoms with Gasteiger partial charge in [0, 0.05) is 36.9 Å². The highest BCUT2D eigenvalue weighted by atomic mass is 32.2. The smallest absolute Gasteiger partial charge is 0.166 e. The van der Waals surface area contributed by atoms with Crippen LogP contribution in [0.5, 0.6) is 0 Å². The van der Waals surface area contributed by atoms with Gasteiger partial charge in [-0.15, -0.1) is 0 Å². The lowest BCUT2D eigenvalue weighted by Gasteiger charge is -2.41. The third kappa shape index (κ3) is 4.90. The summed E-state index contributed by atoms with van der Waals surface area (Å²) in [5, 5.41) is 2.98. The zero-order valence-electron chi connectivity index (χ0n) is 13.3. The zero-order chi connectivity index (χ0) is 15.2. The van der Waals surface area contributed by atoms with E-state index in [2.05, 4.69) is 24.1 Å². The van der Waals surface area contributed by atoms with Gasteiger partial charge in [-0.1, -0.05) is 27.2 Å². The first kappa shape index (κ1) is 18.3. The van der Waals surface area contributed by atoms with Gasteiger partial charge >= 0.3 is 0 Å². The third-order valence-corrected chi connectivity index (χ3v) is 7.38. The fraction of sp³-hybridized carbons (Fsp3) is 1.00. The van der Waals surface area contributed by atoms with Gasteiger partial charge in [0.05, 0.1) is 0 Å². The van der Waals surface area contributed by atoms with Gasteiger partial charge in [-0.2, -0.15) is 11.8 Å². The van der Waals surface area contributed by atoms with Crippen molar-refractivity contribution >= 4 is 21.6 Å². The first-order chi connectivity index (χ1) is 9.38. The summed E-state index contributed by atoms with van der Waals surface area (Å²) in [6.45, 7) is 8.91. The van der Waals surface area contributed by atoms with Gasteiger partial charge in [0.15, 0.2) is 9.84 Å². The Morgan fingerprint density at radius 2 is 2.10 bits per heavy atom. The molecule has 0 spiro atoms. The maximum Gasteiger partial charge on any atom is 0.166 e. The second-order valence-corrected chi connectivity index (χ2v) is 9.64. The summed E-state index contributed by atoms with van der Waals surface area (Å²) < 4.78 is 24.6. The van der Waals surface area contributed by atoms with Crippen LogP contribution in [0.25, 0.3) is 0 Å². The fourth-order valence-corrected chi connectivity index (χ4v) is 6.14. The van der Waals surface area contributed by atoms with Crippen LogP contribution in [0.2, 0.25) is 0 Å². The number of thioether (sulfide) groups is 1. The molecule has 1 saturated heterocycles. The van der Waals surface area contributed by atoms with E-state index in [0.29, 0.717) is 0 Å². The quantitative estimate of drug-likeness (QED) is 0.739. The molecule has 2 unspecified atom stereocenters. The monoisotopic (exact) mass is 322 g/mol. The van der Waals surface area contributed by atoms with Crippen LogP contribution in [0.4, 0.5) is 0 Å². The minimum Gasteiger partial charge on any atom is -0.319 e. The van der Waals surface area contributed by atoms with Crippen molar-refractivity contribution in [2.75, 3.05) is 43.9 Å². The van der Waals surface area contributed by atoms with E-state index in [1.165, 1.54) is 0 Å². The molecule has 0 radical (unpaired) electrons. The van der Waals surface area contributed by atoms with Gasteiger partial charge in [-0.3, -0.25) is 4.90 Å². The first-order valence-corrected chi connectivity index (χ1v) is 10.4. The zero-order valence-corrected chi connectivity index (χ0v) is 14.9. The standard InChI is InChI=1S/C14H30N2O2S2/c1-5-7-14(3,11-15-4)12-16-8-9-19-10-13(16)20(17,18)6-2/h13,15H,5-12H2,1-4H3. The summed E-state index contributed by atoms with van der Waals surface area (Å²) in [6, 6.07) is 0. The summed E-state index contributed by atoms with van der Waals surface area (Å²) in [5.41, 5.74) is 0.146. The molecule has 0 aromatic rings. The Kier molecular flexibility index (Phi) is 7.32. The van der Waals surface area contributed by atoms with E-state index in [1.807, 2.05) is 7.05 Å². The minimum absolute atomic E-state index is 0.146. The fourth-order valence-electron chi connectivity index (χ4n) is 3.06. The van der Waals surface area contributed by atoms with Gasteiger partial charge < -0.3 is 5.32 Å². The lowest BCUT2D eigenvalue weighted by molar-refractivity contribution is 0.148. The molecule has 0 aromatic heterocycles. The SMILES string of the molecule is CCCC(C)(CNC)CN1CCSCC1S(=O)(=O)CC. The largest absolute Gasteiger partial charge is 0.319 e. The summed E-state index contributed by atoms with van der Waals surface area (Å²) in [5.74, 6) is 2.00. The van der Waals surface area contributed by atoms with E-state index in [1.54, 1.807) is 18.7 Å². The van der Waals surface area contributed by atoms with Crippen molar-refractivity contribution in [3.63, 3.8) is 0 Å². The van der Waals surface area contributed by atoms with Gasteiger partial charge in [-0.25, -0.2) is 8.42 Å². The third-order valence-electron chi connectivity index (χ3n) is 4.05. The normalized spacial score (nSPS) is 24.5. The number of sulfone groups is 1. The van der Waals surface area contributed by atoms with E-state index in [0.717, 1.165) is 44.0 Å². The van der Waals surface area contributed by atoms with E-state index in [9.17, 15) is 8.42 Å². The average molecular weight is 323 g/mol. The predicted molar refractivity (Wildman–Crippen MR) is 89.1 cm³/mol. The Hall–Kier alpha value is 0.220. The molecule has 1 fully saturated rings. The second-order valence-electron chi connectivity index (χ2n) is 6.04. The molecule has 0 saturated carbocycles. The highest BCUT2D eigenvalue weighted by Crippen LogP contribution is 2.29. The van der Waals surface area contributed by atoms with E-state index in [4.69, 9.17) is 0 Å². The minimum atomic E-state index is -2.99. The van der Waals surface area contributed by atoms with Crippen LogP contribution in [-0.4, -0.2) is 62.6 Å². The Balaban J connectivity index is 2.84. The summed E-state index contributed by atoms with van der Waals surface area (Å²) in [4.78, 5) is 2.21. The van der Waals surface area contributed by atoms with E-state index >= 15 is 0 Å². The Bertz CT molecular complexity index is 379. The highest BCUT2D eigenvalue weighted by molar-refractivity contribution is 8.01. The van der Waals surface area contributed by atoms with Crippen LogP contribution in [-0.2, 0) is 9.84 Å². The number of rotatable bonds is 8. The maximum absolute atomic E-state index is 12.3. The molecule has 1 heterocycles. The number of hydrogen-bond donors (Lipinski definition) is 1. The molecule has 0 bridgehead atoms. The van der Waals surface area contributed by atoms with Gasteiger partial charge in [-0.05, 0) is 18.9 Å². The van der Waals surface area contributed by atoms with Crippen LogP contribution in [0.3, 0.4) is 0 Å². The lowest BCUT2D eigenvalue weighted by atomic mass is 9.85. The molecule has 4 nitrogen and oxygen atoms in total. The molecule has 2 atom stereocenters. The molecule has 0 aliphatic carbocycles. The second kappa shape index (κ2) is 8.01. The van der Waals surface area contributed by atoms with Gasteiger partial charge in [0.1, 0.15) is 5.37 Å². The predicted octanol–water partition coefficient (Wildman–Crippen LogP) is 1.82. The van der Waals surface area contributed by atoms with Crippen molar-refractivity contribution in [3.05, 3.63) is 0 Å². The Labute approximate surface area is 129 Å². The van der Waals surface area contributed by atoms with Crippen LogP contribution in [0.15, 0.2) is 0 Å². The highest BCUT2D eigenvalue weighted by Gasteiger charge is 2.36. The molecule has 1 aliphatic heterocycles. The van der Waals surface area contributed by atoms with E-state index < -0.39 is 9.84 Å². The van der Waals surface area contributed by atoms with Crippen molar-refractivity contribution in [2.45, 2.75) is 39.0 Å². The number of nitrogens with zero attached hydrogens (tertiary/aromatic N) is 1. The van der Waals surface area contributed by atoms with Crippen LogP contribution < -0.4 is 5.32 Å². The van der Waals surface area contributed by atoms with Crippen LogP contribution in [0, 0.1) is 5.41 Å². The van der Waals surface area contributed by atoms with Gasteiger partial charge in [0.2, 0.25) is 0 Å². The molecule has 6 heteroatoms. The van der Waals surface area contributed by atoms with Crippen molar-refractivity contribution in [2.24, 2.45) is 5.41 Å². The molecule has 120 valence electrons. The first-order valence-electron chi connectivity index (χ1n) is 7.56. The summed E-state index contributed by atoms with van der Waals surface area (Å²) in [7, 11) is -1.02. The Morgan fingerprint density at radius 3 is 2.65 bits per heavy atom. The van der Waals surface area contributed by atoms with Crippen molar-refractivity contribution < 1.29 is 8.42 Å². The molecular weight excluding hydrogens is 292 g/mol. The van der Waals surface area contributed by atoms with Crippen molar-refractivity contribution in [3.8, 4) is 0 Å². The molecule has 1 rings (SSSR count). The summed E-state index contributed by atoms with van der Waals surface area (Å²) in [6.07, 6.45) is 2.25. The van der Waals surface area contributed by atoms with Crippen LogP contribution >= 0.6 is 11.8 Å². The topological polar surface area (TPSA) is 49.4 Å². The van der Waals surface area contributed by atoms with Gasteiger partial charge in [0.25, 0.3) is 0 Å². The van der Waals surface area contributed by atoms with Crippen molar-refractivity contribution in [1.82, 2.24) is 10.2 Å². The lowest BCUT2D eigenvalue weighted by Crippen LogP contribution is -2.52.